The minimum absolute atomic E-state index is 0.321. The molecule has 0 spiro atoms. The van der Waals surface area contributed by atoms with Crippen LogP contribution in [-0.4, -0.2) is 62.6 Å². The maximum absolute atomic E-state index is 11.3. The van der Waals surface area contributed by atoms with Gasteiger partial charge in [0.15, 0.2) is 0 Å². The topological polar surface area (TPSA) is 66.4 Å². The van der Waals surface area contributed by atoms with Crippen molar-refractivity contribution in [3.05, 3.63) is 55.1 Å². The van der Waals surface area contributed by atoms with Gasteiger partial charge in [-0.05, 0) is 71.4 Å². The molecule has 1 aliphatic heterocycles. The van der Waals surface area contributed by atoms with Crippen molar-refractivity contribution in [2.75, 3.05) is 33.0 Å². The Hall–Kier alpha value is -0.550. The quantitative estimate of drug-likeness (QED) is 0.140. The molecule has 2 heterocycles. The van der Waals surface area contributed by atoms with Gasteiger partial charge in [0.1, 0.15) is 36.6 Å². The van der Waals surface area contributed by atoms with E-state index >= 15 is 0 Å². The standard InChI is InChI=1S/C33H50BrClO6S/c1-5-9-17-37-22-26-31(38-18-10-6-2)33(40-20-12-8-4)32(39-19-11-7-3)30(41-26)23-13-14-25(35)24(21-23)29(36)27-15-16-28(34)42-27/h13-16,21,26,29-33,36H,5-12,17-20,22H2,1-4H3/t26-,29?,30+,31-,32+,33+/m1/s1. The molecule has 3 rings (SSSR count). The zero-order valence-corrected chi connectivity index (χ0v) is 28.9. The summed E-state index contributed by atoms with van der Waals surface area (Å²) < 4.78 is 33.7. The lowest BCUT2D eigenvalue weighted by Gasteiger charge is -2.46. The second kappa shape index (κ2) is 19.8. The number of aliphatic hydroxyl groups is 1. The van der Waals surface area contributed by atoms with Gasteiger partial charge in [-0.1, -0.05) is 71.0 Å². The molecule has 1 aromatic heterocycles. The maximum Gasteiger partial charge on any atom is 0.117 e. The molecular formula is C33H50BrClO6S. The molecule has 2 aromatic rings. The van der Waals surface area contributed by atoms with Crippen molar-refractivity contribution in [3.63, 3.8) is 0 Å². The number of rotatable bonds is 20. The Morgan fingerprint density at radius 2 is 1.43 bits per heavy atom. The number of benzene rings is 1. The average Bonchev–Trinajstić information content (AvgIpc) is 3.43. The van der Waals surface area contributed by atoms with Gasteiger partial charge in [0.05, 0.1) is 10.4 Å². The predicted octanol–water partition coefficient (Wildman–Crippen LogP) is 9.06. The number of halogens is 2. The molecule has 6 atom stereocenters. The van der Waals surface area contributed by atoms with Crippen LogP contribution in [0.15, 0.2) is 34.1 Å². The fourth-order valence-corrected chi connectivity index (χ4v) is 6.65. The molecular weight excluding hydrogens is 640 g/mol. The first-order valence-corrected chi connectivity index (χ1v) is 17.7. The second-order valence-corrected chi connectivity index (χ2v) is 13.8. The molecule has 0 aliphatic carbocycles. The molecule has 238 valence electrons. The molecule has 1 aromatic carbocycles. The van der Waals surface area contributed by atoms with Crippen LogP contribution in [0.3, 0.4) is 0 Å². The lowest BCUT2D eigenvalue weighted by Crippen LogP contribution is -2.58. The summed E-state index contributed by atoms with van der Waals surface area (Å²) in [6.07, 6.45) is 5.34. The summed E-state index contributed by atoms with van der Waals surface area (Å²) in [7, 11) is 0. The third-order valence-corrected chi connectivity index (χ3v) is 9.51. The zero-order valence-electron chi connectivity index (χ0n) is 25.7. The van der Waals surface area contributed by atoms with Crippen LogP contribution in [-0.2, 0) is 23.7 Å². The number of unbranched alkanes of at least 4 members (excludes halogenated alkanes) is 4. The largest absolute Gasteiger partial charge is 0.383 e. The van der Waals surface area contributed by atoms with Gasteiger partial charge in [-0.3, -0.25) is 0 Å². The van der Waals surface area contributed by atoms with Crippen LogP contribution in [0.5, 0.6) is 0 Å². The summed E-state index contributed by atoms with van der Waals surface area (Å²) in [5.74, 6) is 0. The first kappa shape index (κ1) is 35.9. The second-order valence-electron chi connectivity index (χ2n) is 10.9. The first-order valence-electron chi connectivity index (χ1n) is 15.8. The van der Waals surface area contributed by atoms with Crippen LogP contribution in [0.25, 0.3) is 0 Å². The van der Waals surface area contributed by atoms with E-state index in [0.29, 0.717) is 43.6 Å². The zero-order chi connectivity index (χ0) is 30.3. The molecule has 1 aliphatic rings. The Morgan fingerprint density at radius 3 is 2.02 bits per heavy atom. The van der Waals surface area contributed by atoms with Crippen LogP contribution < -0.4 is 0 Å². The van der Waals surface area contributed by atoms with Crippen LogP contribution in [0.1, 0.15) is 107 Å². The summed E-state index contributed by atoms with van der Waals surface area (Å²) in [5, 5.41) is 11.8. The summed E-state index contributed by atoms with van der Waals surface area (Å²) in [6.45, 7) is 11.6. The van der Waals surface area contributed by atoms with Gasteiger partial charge in [-0.15, -0.1) is 11.3 Å². The third-order valence-electron chi connectivity index (χ3n) is 7.49. The summed E-state index contributed by atoms with van der Waals surface area (Å²) in [5.41, 5.74) is 1.53. The molecule has 6 nitrogen and oxygen atoms in total. The van der Waals surface area contributed by atoms with E-state index in [4.69, 9.17) is 35.3 Å². The van der Waals surface area contributed by atoms with E-state index < -0.39 is 18.3 Å². The highest BCUT2D eigenvalue weighted by Crippen LogP contribution is 2.41. The highest BCUT2D eigenvalue weighted by molar-refractivity contribution is 9.11. The van der Waals surface area contributed by atoms with Crippen LogP contribution in [0, 0.1) is 0 Å². The van der Waals surface area contributed by atoms with Crippen molar-refractivity contribution < 1.29 is 28.8 Å². The van der Waals surface area contributed by atoms with Crippen molar-refractivity contribution in [2.24, 2.45) is 0 Å². The van der Waals surface area contributed by atoms with E-state index in [1.54, 1.807) is 0 Å². The van der Waals surface area contributed by atoms with Crippen molar-refractivity contribution in [1.82, 2.24) is 0 Å². The lowest BCUT2D eigenvalue weighted by atomic mass is 9.89. The first-order chi connectivity index (χ1) is 20.4. The highest BCUT2D eigenvalue weighted by Gasteiger charge is 2.48. The Balaban J connectivity index is 2.01. The van der Waals surface area contributed by atoms with Crippen LogP contribution in [0.2, 0.25) is 5.02 Å². The fraction of sp³-hybridized carbons (Fsp3) is 0.697. The molecule has 1 saturated heterocycles. The summed E-state index contributed by atoms with van der Waals surface area (Å²) >= 11 is 11.6. The highest BCUT2D eigenvalue weighted by atomic mass is 79.9. The van der Waals surface area contributed by atoms with Gasteiger partial charge in [-0.2, -0.15) is 0 Å². The van der Waals surface area contributed by atoms with E-state index in [1.807, 2.05) is 30.3 Å². The number of hydrogen-bond acceptors (Lipinski definition) is 7. The Kier molecular flexibility index (Phi) is 16.9. The van der Waals surface area contributed by atoms with E-state index in [2.05, 4.69) is 43.6 Å². The van der Waals surface area contributed by atoms with Gasteiger partial charge >= 0.3 is 0 Å². The molecule has 0 saturated carbocycles. The Labute approximate surface area is 270 Å². The SMILES string of the molecule is CCCCOC[C@H]1O[C@@H](c2ccc(Cl)c(C(O)c3ccc(Br)s3)c2)[C@H](OCCCC)[C@@H](OCCCC)[C@@H]1OCCCC. The summed E-state index contributed by atoms with van der Waals surface area (Å²) in [6, 6.07) is 9.62. The minimum Gasteiger partial charge on any atom is -0.383 e. The number of aliphatic hydroxyl groups excluding tert-OH is 1. The molecule has 42 heavy (non-hydrogen) atoms. The number of ether oxygens (including phenoxy) is 5. The van der Waals surface area contributed by atoms with Crippen LogP contribution >= 0.6 is 38.9 Å². The maximum atomic E-state index is 11.3. The average molecular weight is 690 g/mol. The normalized spacial score (nSPS) is 23.4. The van der Waals surface area contributed by atoms with Crippen molar-refractivity contribution in [2.45, 2.75) is 116 Å². The number of thiophene rings is 1. The third kappa shape index (κ3) is 10.5. The molecule has 9 heteroatoms. The van der Waals surface area contributed by atoms with E-state index in [9.17, 15) is 5.11 Å². The fourth-order valence-electron chi connectivity index (χ4n) is 5.00. The van der Waals surface area contributed by atoms with E-state index in [1.165, 1.54) is 11.3 Å². The van der Waals surface area contributed by atoms with Gasteiger partial charge in [0.25, 0.3) is 0 Å². The van der Waals surface area contributed by atoms with Gasteiger partial charge in [-0.25, -0.2) is 0 Å². The van der Waals surface area contributed by atoms with Gasteiger partial charge in [0, 0.05) is 41.9 Å². The van der Waals surface area contributed by atoms with E-state index in [0.717, 1.165) is 65.6 Å². The van der Waals surface area contributed by atoms with Gasteiger partial charge in [0.2, 0.25) is 0 Å². The van der Waals surface area contributed by atoms with E-state index in [-0.39, 0.29) is 18.3 Å². The Bertz CT molecular complexity index is 1020. The van der Waals surface area contributed by atoms with Crippen LogP contribution in [0.4, 0.5) is 0 Å². The molecule has 0 radical (unpaired) electrons. The Morgan fingerprint density at radius 1 is 0.833 bits per heavy atom. The molecule has 0 amide bonds. The lowest BCUT2D eigenvalue weighted by molar-refractivity contribution is -0.268. The minimum atomic E-state index is -0.855. The summed E-state index contributed by atoms with van der Waals surface area (Å²) in [4.78, 5) is 0.814. The predicted molar refractivity (Wildman–Crippen MR) is 175 cm³/mol. The molecule has 1 fully saturated rings. The molecule has 1 N–H and O–H groups in total. The molecule has 1 unspecified atom stereocenters. The number of hydrogen-bond donors (Lipinski definition) is 1. The molecule has 0 bridgehead atoms. The van der Waals surface area contributed by atoms with Gasteiger partial charge < -0.3 is 28.8 Å². The smallest absolute Gasteiger partial charge is 0.117 e. The van der Waals surface area contributed by atoms with Crippen molar-refractivity contribution >= 4 is 38.9 Å². The monoisotopic (exact) mass is 688 g/mol. The van der Waals surface area contributed by atoms with Crippen molar-refractivity contribution in [3.8, 4) is 0 Å². The van der Waals surface area contributed by atoms with Crippen molar-refractivity contribution in [1.29, 1.82) is 0 Å².